The van der Waals surface area contributed by atoms with Crippen molar-refractivity contribution < 1.29 is 13.7 Å². The van der Waals surface area contributed by atoms with Crippen LogP contribution >= 0.6 is 0 Å². The number of nitrogens with one attached hydrogen (secondary N) is 1. The molecule has 0 radical (unpaired) electrons. The minimum absolute atomic E-state index is 0.157. The fourth-order valence-electron chi connectivity index (χ4n) is 3.16. The number of aryl methyl sites for hydroxylation is 1. The highest BCUT2D eigenvalue weighted by Gasteiger charge is 2.32. The predicted octanol–water partition coefficient (Wildman–Crippen LogP) is 2.86. The van der Waals surface area contributed by atoms with Gasteiger partial charge in [-0.3, -0.25) is 0 Å². The van der Waals surface area contributed by atoms with Gasteiger partial charge in [-0.15, -0.1) is 10.2 Å². The van der Waals surface area contributed by atoms with Crippen LogP contribution in [0.2, 0.25) is 0 Å². The van der Waals surface area contributed by atoms with E-state index in [4.69, 9.17) is 8.94 Å². The van der Waals surface area contributed by atoms with Crippen LogP contribution in [0.5, 0.6) is 0 Å². The minimum Gasteiger partial charge on any atom is -0.419 e. The number of benzene rings is 1. The average Bonchev–Trinajstić information content (AvgIpc) is 3.36. The van der Waals surface area contributed by atoms with Gasteiger partial charge in [-0.2, -0.15) is 4.98 Å². The molecule has 3 heterocycles. The lowest BCUT2D eigenvalue weighted by atomic mass is 10.0. The maximum Gasteiger partial charge on any atom is 0.318 e. The van der Waals surface area contributed by atoms with Gasteiger partial charge in [0.1, 0.15) is 6.04 Å². The van der Waals surface area contributed by atoms with Crippen molar-refractivity contribution in [3.63, 3.8) is 0 Å². The summed E-state index contributed by atoms with van der Waals surface area (Å²) in [5.74, 6) is 1.82. The monoisotopic (exact) mass is 368 g/mol. The van der Waals surface area contributed by atoms with E-state index in [1.54, 1.807) is 11.8 Å². The van der Waals surface area contributed by atoms with Gasteiger partial charge in [0.25, 0.3) is 0 Å². The van der Waals surface area contributed by atoms with Gasteiger partial charge in [0.2, 0.25) is 17.7 Å². The zero-order valence-corrected chi connectivity index (χ0v) is 15.0. The molecule has 4 rings (SSSR count). The van der Waals surface area contributed by atoms with Gasteiger partial charge >= 0.3 is 6.03 Å². The average molecular weight is 368 g/mol. The Labute approximate surface area is 155 Å². The van der Waals surface area contributed by atoms with Crippen LogP contribution in [-0.4, -0.2) is 37.8 Å². The van der Waals surface area contributed by atoms with Crippen molar-refractivity contribution in [2.75, 3.05) is 6.54 Å². The van der Waals surface area contributed by atoms with E-state index in [2.05, 4.69) is 25.7 Å². The Hall–Kier alpha value is -3.23. The van der Waals surface area contributed by atoms with Crippen molar-refractivity contribution >= 4 is 6.03 Å². The second-order valence-electron chi connectivity index (χ2n) is 6.41. The third kappa shape index (κ3) is 3.81. The van der Waals surface area contributed by atoms with E-state index in [-0.39, 0.29) is 18.6 Å². The number of likely N-dealkylation sites (tertiary alicyclic amines) is 1. The number of aromatic nitrogens is 4. The molecule has 0 spiro atoms. The summed E-state index contributed by atoms with van der Waals surface area (Å²) in [6, 6.07) is 9.08. The molecule has 9 nitrogen and oxygen atoms in total. The molecular weight excluding hydrogens is 348 g/mol. The lowest BCUT2D eigenvalue weighted by Crippen LogP contribution is -2.44. The summed E-state index contributed by atoms with van der Waals surface area (Å²) < 4.78 is 10.9. The first-order valence-electron chi connectivity index (χ1n) is 8.93. The lowest BCUT2D eigenvalue weighted by molar-refractivity contribution is 0.131. The molecule has 3 aromatic rings. The van der Waals surface area contributed by atoms with E-state index >= 15 is 0 Å². The maximum absolute atomic E-state index is 12.7. The number of piperidine rings is 1. The van der Waals surface area contributed by atoms with Crippen LogP contribution in [0.3, 0.4) is 0 Å². The van der Waals surface area contributed by atoms with Gasteiger partial charge in [0.05, 0.1) is 6.54 Å². The number of urea groups is 1. The Morgan fingerprint density at radius 2 is 2.11 bits per heavy atom. The van der Waals surface area contributed by atoms with Crippen molar-refractivity contribution in [3.05, 3.63) is 47.9 Å². The van der Waals surface area contributed by atoms with E-state index in [0.29, 0.717) is 30.0 Å². The van der Waals surface area contributed by atoms with Crippen molar-refractivity contribution in [2.45, 2.75) is 38.8 Å². The minimum atomic E-state index is -0.213. The molecule has 1 atom stereocenters. The molecule has 9 heteroatoms. The first-order chi connectivity index (χ1) is 13.2. The van der Waals surface area contributed by atoms with E-state index < -0.39 is 0 Å². The molecule has 1 aliphatic rings. The van der Waals surface area contributed by atoms with Crippen LogP contribution in [0.25, 0.3) is 11.5 Å². The Balaban J connectivity index is 1.40. The molecule has 1 fully saturated rings. The Morgan fingerprint density at radius 3 is 2.89 bits per heavy atom. The zero-order valence-electron chi connectivity index (χ0n) is 15.0. The summed E-state index contributed by atoms with van der Waals surface area (Å²) in [6.07, 6.45) is 2.75. The topological polar surface area (TPSA) is 110 Å². The molecule has 1 aliphatic heterocycles. The fraction of sp³-hybridized carbons (Fsp3) is 0.389. The lowest BCUT2D eigenvalue weighted by Gasteiger charge is -2.33. The molecule has 1 N–H and O–H groups in total. The summed E-state index contributed by atoms with van der Waals surface area (Å²) in [5.41, 5.74) is 0.838. The Kier molecular flexibility index (Phi) is 4.82. The molecule has 0 bridgehead atoms. The summed E-state index contributed by atoms with van der Waals surface area (Å²) >= 11 is 0. The molecule has 2 amide bonds. The van der Waals surface area contributed by atoms with Crippen molar-refractivity contribution in [3.8, 4) is 11.5 Å². The van der Waals surface area contributed by atoms with Crippen LogP contribution in [0.1, 0.15) is 42.9 Å². The number of rotatable bonds is 4. The van der Waals surface area contributed by atoms with Crippen LogP contribution in [-0.2, 0) is 6.54 Å². The van der Waals surface area contributed by atoms with Crippen LogP contribution in [0.15, 0.2) is 39.3 Å². The van der Waals surface area contributed by atoms with Crippen molar-refractivity contribution in [2.24, 2.45) is 0 Å². The Bertz CT molecular complexity index is 907. The highest BCUT2D eigenvalue weighted by molar-refractivity contribution is 5.74. The zero-order chi connectivity index (χ0) is 18.6. The number of nitrogens with zero attached hydrogens (tertiary/aromatic N) is 5. The normalized spacial score (nSPS) is 17.1. The number of hydrogen-bond donors (Lipinski definition) is 1. The number of carbonyl (C=O) groups excluding carboxylic acids is 1. The van der Waals surface area contributed by atoms with Crippen LogP contribution < -0.4 is 5.32 Å². The second kappa shape index (κ2) is 7.56. The van der Waals surface area contributed by atoms with Gasteiger partial charge in [-0.25, -0.2) is 4.79 Å². The maximum atomic E-state index is 12.7. The number of hydrogen-bond acceptors (Lipinski definition) is 7. The van der Waals surface area contributed by atoms with E-state index in [9.17, 15) is 4.79 Å². The summed E-state index contributed by atoms with van der Waals surface area (Å²) in [5, 5.41) is 14.7. The van der Waals surface area contributed by atoms with Crippen molar-refractivity contribution in [1.82, 2.24) is 30.6 Å². The van der Waals surface area contributed by atoms with Crippen LogP contribution in [0.4, 0.5) is 4.79 Å². The molecule has 0 aliphatic carbocycles. The second-order valence-corrected chi connectivity index (χ2v) is 6.41. The van der Waals surface area contributed by atoms with E-state index in [1.165, 1.54) is 0 Å². The molecule has 1 saturated heterocycles. The highest BCUT2D eigenvalue weighted by atomic mass is 16.5. The molecule has 2 aromatic heterocycles. The van der Waals surface area contributed by atoms with E-state index in [1.807, 2.05) is 30.3 Å². The van der Waals surface area contributed by atoms with Gasteiger partial charge in [-0.05, 0) is 38.3 Å². The molecule has 0 saturated carbocycles. The van der Waals surface area contributed by atoms with Gasteiger partial charge < -0.3 is 19.2 Å². The predicted molar refractivity (Wildman–Crippen MR) is 94.3 cm³/mol. The van der Waals surface area contributed by atoms with Gasteiger partial charge in [0.15, 0.2) is 5.82 Å². The summed E-state index contributed by atoms with van der Waals surface area (Å²) in [6.45, 7) is 2.56. The largest absolute Gasteiger partial charge is 0.419 e. The standard InChI is InChI=1S/C18H20N6O3/c1-12-20-17(27-23-12)14-9-5-6-10-24(14)18(25)19-11-15-21-22-16(26-15)13-7-3-2-4-8-13/h2-4,7-8,14H,5-6,9-11H2,1H3,(H,19,25)/t14-/m1/s1. The molecular formula is C18H20N6O3. The highest BCUT2D eigenvalue weighted by Crippen LogP contribution is 2.29. The third-order valence-electron chi connectivity index (χ3n) is 4.47. The van der Waals surface area contributed by atoms with Crippen LogP contribution in [0, 0.1) is 6.92 Å². The quantitative estimate of drug-likeness (QED) is 0.754. The van der Waals surface area contributed by atoms with E-state index in [0.717, 1.165) is 24.8 Å². The first-order valence-corrected chi connectivity index (χ1v) is 8.93. The fourth-order valence-corrected chi connectivity index (χ4v) is 3.16. The molecule has 140 valence electrons. The molecule has 1 aromatic carbocycles. The van der Waals surface area contributed by atoms with Crippen molar-refractivity contribution in [1.29, 1.82) is 0 Å². The molecule has 0 unspecified atom stereocenters. The SMILES string of the molecule is Cc1noc([C@H]2CCCCN2C(=O)NCc2nnc(-c3ccccc3)o2)n1. The number of amides is 2. The smallest absolute Gasteiger partial charge is 0.318 e. The molecule has 27 heavy (non-hydrogen) atoms. The number of carbonyl (C=O) groups is 1. The first kappa shape index (κ1) is 17.2. The third-order valence-corrected chi connectivity index (χ3v) is 4.47. The van der Waals surface area contributed by atoms with Gasteiger partial charge in [0, 0.05) is 12.1 Å². The Morgan fingerprint density at radius 1 is 1.26 bits per heavy atom. The summed E-state index contributed by atoms with van der Waals surface area (Å²) in [4.78, 5) is 18.7. The summed E-state index contributed by atoms with van der Waals surface area (Å²) in [7, 11) is 0. The van der Waals surface area contributed by atoms with Gasteiger partial charge in [-0.1, -0.05) is 23.4 Å².